The molecule has 2 amide bonds. The van der Waals surface area contributed by atoms with Crippen LogP contribution in [0.2, 0.25) is 5.02 Å². The van der Waals surface area contributed by atoms with Crippen molar-refractivity contribution in [3.8, 4) is 0 Å². The molecule has 8 heteroatoms. The Morgan fingerprint density at radius 3 is 2.37 bits per heavy atom. The van der Waals surface area contributed by atoms with Crippen molar-refractivity contribution in [2.24, 2.45) is 0 Å². The normalized spacial score (nSPS) is 10.0. The average molecular weight is 391 g/mol. The van der Waals surface area contributed by atoms with Gasteiger partial charge in [0.2, 0.25) is 0 Å². The van der Waals surface area contributed by atoms with Crippen LogP contribution >= 0.6 is 11.6 Å². The first-order chi connectivity index (χ1) is 13.0. The summed E-state index contributed by atoms with van der Waals surface area (Å²) in [6, 6.07) is 11.0. The van der Waals surface area contributed by atoms with E-state index in [-0.39, 0.29) is 16.8 Å². The molecule has 2 N–H and O–H groups in total. The standard InChI is InChI=1S/C19H19ClN2O5/c1-26-17(23)13-7-8-14(18(24)27-2)16(11-13)22-19(25)21-10-9-12-5-3-4-6-15(12)20/h3-8,11H,9-10H2,1-2H3,(H2,21,22,25). The number of carbonyl (C=O) groups excluding carboxylic acids is 3. The fourth-order valence-electron chi connectivity index (χ4n) is 2.36. The van der Waals surface area contributed by atoms with Gasteiger partial charge in [0.25, 0.3) is 0 Å². The minimum atomic E-state index is -0.641. The lowest BCUT2D eigenvalue weighted by atomic mass is 10.1. The Labute approximate surface area is 161 Å². The summed E-state index contributed by atoms with van der Waals surface area (Å²) in [5.41, 5.74) is 1.35. The molecule has 2 aromatic rings. The Balaban J connectivity index is 2.07. The molecule has 0 bridgehead atoms. The van der Waals surface area contributed by atoms with Gasteiger partial charge in [0, 0.05) is 11.6 Å². The monoisotopic (exact) mass is 390 g/mol. The molecule has 2 rings (SSSR count). The van der Waals surface area contributed by atoms with Gasteiger partial charge >= 0.3 is 18.0 Å². The van der Waals surface area contributed by atoms with Gasteiger partial charge in [0.15, 0.2) is 0 Å². The molecule has 27 heavy (non-hydrogen) atoms. The molecule has 0 aliphatic heterocycles. The van der Waals surface area contributed by atoms with Crippen molar-refractivity contribution in [2.75, 3.05) is 26.1 Å². The molecule has 2 aromatic carbocycles. The molecular formula is C19H19ClN2O5. The van der Waals surface area contributed by atoms with E-state index in [1.54, 1.807) is 6.07 Å². The number of rotatable bonds is 6. The Hall–Kier alpha value is -3.06. The third kappa shape index (κ3) is 5.46. The molecule has 0 aliphatic rings. The number of amides is 2. The Morgan fingerprint density at radius 2 is 1.70 bits per heavy atom. The predicted octanol–water partition coefficient (Wildman–Crippen LogP) is 3.28. The van der Waals surface area contributed by atoms with E-state index in [2.05, 4.69) is 15.4 Å². The first kappa shape index (κ1) is 20.3. The summed E-state index contributed by atoms with van der Waals surface area (Å²) in [5, 5.41) is 5.85. The highest BCUT2D eigenvalue weighted by molar-refractivity contribution is 6.31. The zero-order valence-corrected chi connectivity index (χ0v) is 15.6. The first-order valence-electron chi connectivity index (χ1n) is 8.05. The summed E-state index contributed by atoms with van der Waals surface area (Å²) in [7, 11) is 2.47. The van der Waals surface area contributed by atoms with Crippen molar-refractivity contribution in [3.63, 3.8) is 0 Å². The van der Waals surface area contributed by atoms with Gasteiger partial charge in [-0.1, -0.05) is 29.8 Å². The topological polar surface area (TPSA) is 93.7 Å². The van der Waals surface area contributed by atoms with E-state index in [0.29, 0.717) is 18.0 Å². The quantitative estimate of drug-likeness (QED) is 0.738. The van der Waals surface area contributed by atoms with E-state index in [1.165, 1.54) is 32.4 Å². The number of urea groups is 1. The predicted molar refractivity (Wildman–Crippen MR) is 101 cm³/mol. The summed E-state index contributed by atoms with van der Waals surface area (Å²) < 4.78 is 9.35. The van der Waals surface area contributed by atoms with Crippen LogP contribution in [-0.2, 0) is 15.9 Å². The van der Waals surface area contributed by atoms with Crippen molar-refractivity contribution < 1.29 is 23.9 Å². The number of hydrogen-bond donors (Lipinski definition) is 2. The van der Waals surface area contributed by atoms with Gasteiger partial charge in [-0.05, 0) is 36.2 Å². The lowest BCUT2D eigenvalue weighted by molar-refractivity contribution is 0.0587. The minimum Gasteiger partial charge on any atom is -0.465 e. The summed E-state index contributed by atoms with van der Waals surface area (Å²) in [5.74, 6) is -1.23. The second-order valence-corrected chi connectivity index (χ2v) is 5.87. The highest BCUT2D eigenvalue weighted by atomic mass is 35.5. The molecule has 0 aromatic heterocycles. The van der Waals surface area contributed by atoms with Crippen molar-refractivity contribution in [1.29, 1.82) is 0 Å². The maximum atomic E-state index is 12.2. The van der Waals surface area contributed by atoms with E-state index in [9.17, 15) is 14.4 Å². The van der Waals surface area contributed by atoms with Crippen molar-refractivity contribution in [2.45, 2.75) is 6.42 Å². The van der Waals surface area contributed by atoms with Crippen LogP contribution in [0.25, 0.3) is 0 Å². The SMILES string of the molecule is COC(=O)c1ccc(C(=O)OC)c(NC(=O)NCCc2ccccc2Cl)c1. The maximum absolute atomic E-state index is 12.2. The third-order valence-corrected chi connectivity index (χ3v) is 4.10. The van der Waals surface area contributed by atoms with E-state index in [0.717, 1.165) is 5.56 Å². The van der Waals surface area contributed by atoms with E-state index in [1.807, 2.05) is 18.2 Å². The van der Waals surface area contributed by atoms with Crippen LogP contribution in [0.5, 0.6) is 0 Å². The molecule has 0 heterocycles. The van der Waals surface area contributed by atoms with Crippen molar-refractivity contribution in [1.82, 2.24) is 5.32 Å². The molecule has 0 spiro atoms. The molecule has 0 radical (unpaired) electrons. The van der Waals surface area contributed by atoms with Crippen LogP contribution in [0.1, 0.15) is 26.3 Å². The van der Waals surface area contributed by atoms with Gasteiger partial charge in [-0.25, -0.2) is 14.4 Å². The zero-order valence-electron chi connectivity index (χ0n) is 14.9. The van der Waals surface area contributed by atoms with Gasteiger partial charge in [0.1, 0.15) is 0 Å². The third-order valence-electron chi connectivity index (χ3n) is 3.73. The van der Waals surface area contributed by atoms with Crippen molar-refractivity contribution in [3.05, 3.63) is 64.2 Å². The molecule has 0 aliphatic carbocycles. The molecule has 142 valence electrons. The lowest BCUT2D eigenvalue weighted by Gasteiger charge is -2.12. The van der Waals surface area contributed by atoms with Crippen LogP contribution in [0, 0.1) is 0 Å². The van der Waals surface area contributed by atoms with Gasteiger partial charge in [-0.2, -0.15) is 0 Å². The largest absolute Gasteiger partial charge is 0.465 e. The highest BCUT2D eigenvalue weighted by Gasteiger charge is 2.17. The minimum absolute atomic E-state index is 0.117. The summed E-state index contributed by atoms with van der Waals surface area (Å²) in [6.07, 6.45) is 0.541. The van der Waals surface area contributed by atoms with Crippen LogP contribution in [-0.4, -0.2) is 38.7 Å². The average Bonchev–Trinajstić information content (AvgIpc) is 2.68. The van der Waals surface area contributed by atoms with E-state index < -0.39 is 18.0 Å². The van der Waals surface area contributed by atoms with E-state index >= 15 is 0 Å². The molecule has 7 nitrogen and oxygen atoms in total. The number of carbonyl (C=O) groups is 3. The number of hydrogen-bond acceptors (Lipinski definition) is 5. The molecule has 0 saturated carbocycles. The second kappa shape index (κ2) is 9.59. The highest BCUT2D eigenvalue weighted by Crippen LogP contribution is 2.20. The number of ether oxygens (including phenoxy) is 2. The fourth-order valence-corrected chi connectivity index (χ4v) is 2.59. The van der Waals surface area contributed by atoms with Crippen LogP contribution in [0.3, 0.4) is 0 Å². The number of benzene rings is 2. The van der Waals surface area contributed by atoms with Gasteiger partial charge in [-0.3, -0.25) is 0 Å². The smallest absolute Gasteiger partial charge is 0.339 e. The maximum Gasteiger partial charge on any atom is 0.339 e. The van der Waals surface area contributed by atoms with Gasteiger partial charge in [-0.15, -0.1) is 0 Å². The number of halogens is 1. The molecule has 0 atom stereocenters. The summed E-state index contributed by atoms with van der Waals surface area (Å²) >= 11 is 6.08. The van der Waals surface area contributed by atoms with E-state index in [4.69, 9.17) is 16.3 Å². The van der Waals surface area contributed by atoms with Gasteiger partial charge < -0.3 is 20.1 Å². The molecule has 0 fully saturated rings. The molecule has 0 unspecified atom stereocenters. The van der Waals surface area contributed by atoms with Crippen LogP contribution in [0.15, 0.2) is 42.5 Å². The van der Waals surface area contributed by atoms with Crippen LogP contribution in [0.4, 0.5) is 10.5 Å². The van der Waals surface area contributed by atoms with Crippen LogP contribution < -0.4 is 10.6 Å². The summed E-state index contributed by atoms with van der Waals surface area (Å²) in [6.45, 7) is 0.333. The number of methoxy groups -OCH3 is 2. The number of esters is 2. The number of anilines is 1. The van der Waals surface area contributed by atoms with Crippen molar-refractivity contribution >= 4 is 35.3 Å². The summed E-state index contributed by atoms with van der Waals surface area (Å²) in [4.78, 5) is 35.7. The fraction of sp³-hybridized carbons (Fsp3) is 0.211. The first-order valence-corrected chi connectivity index (χ1v) is 8.43. The Kier molecular flexibility index (Phi) is 7.19. The number of nitrogens with one attached hydrogen (secondary N) is 2. The Bertz CT molecular complexity index is 854. The molecular weight excluding hydrogens is 372 g/mol. The Morgan fingerprint density at radius 1 is 1.00 bits per heavy atom. The lowest BCUT2D eigenvalue weighted by Crippen LogP contribution is -2.31. The zero-order chi connectivity index (χ0) is 19.8. The second-order valence-electron chi connectivity index (χ2n) is 5.47. The molecule has 0 saturated heterocycles. The van der Waals surface area contributed by atoms with Gasteiger partial charge in [0.05, 0.1) is 31.0 Å².